The zero-order valence-electron chi connectivity index (χ0n) is 9.59. The topological polar surface area (TPSA) is 29.5 Å². The SMILES string of the molecule is Cc1cc(C)c2c(c1C)OC(C)(O)C=C2. The molecule has 2 nitrogen and oxygen atoms in total. The van der Waals surface area contributed by atoms with E-state index in [0.717, 1.165) is 16.9 Å². The molecule has 0 radical (unpaired) electrons. The number of ether oxygens (including phenoxy) is 1. The van der Waals surface area contributed by atoms with E-state index in [9.17, 15) is 5.11 Å². The van der Waals surface area contributed by atoms with E-state index in [2.05, 4.69) is 19.9 Å². The quantitative estimate of drug-likeness (QED) is 0.704. The van der Waals surface area contributed by atoms with E-state index >= 15 is 0 Å². The van der Waals surface area contributed by atoms with E-state index in [1.807, 2.05) is 13.0 Å². The van der Waals surface area contributed by atoms with Crippen LogP contribution in [0.1, 0.15) is 29.2 Å². The molecule has 15 heavy (non-hydrogen) atoms. The van der Waals surface area contributed by atoms with Crippen molar-refractivity contribution in [2.75, 3.05) is 0 Å². The molecular weight excluding hydrogens is 188 g/mol. The zero-order chi connectivity index (χ0) is 11.2. The molecule has 80 valence electrons. The number of rotatable bonds is 0. The average Bonchev–Trinajstić information content (AvgIpc) is 2.13. The third-order valence-electron chi connectivity index (χ3n) is 2.90. The molecule has 1 atom stereocenters. The Bertz CT molecular complexity index is 442. The van der Waals surface area contributed by atoms with Crippen LogP contribution in [-0.4, -0.2) is 10.9 Å². The van der Waals surface area contributed by atoms with Crippen molar-refractivity contribution in [3.8, 4) is 5.75 Å². The lowest BCUT2D eigenvalue weighted by Crippen LogP contribution is -2.31. The number of benzene rings is 1. The average molecular weight is 204 g/mol. The largest absolute Gasteiger partial charge is 0.458 e. The first kappa shape index (κ1) is 10.2. The van der Waals surface area contributed by atoms with Crippen LogP contribution in [-0.2, 0) is 0 Å². The minimum atomic E-state index is -1.18. The Morgan fingerprint density at radius 3 is 2.53 bits per heavy atom. The van der Waals surface area contributed by atoms with E-state index in [0.29, 0.717) is 0 Å². The summed E-state index contributed by atoms with van der Waals surface area (Å²) in [5.41, 5.74) is 4.54. The van der Waals surface area contributed by atoms with Crippen molar-refractivity contribution < 1.29 is 9.84 Å². The molecule has 0 aliphatic carbocycles. The highest BCUT2D eigenvalue weighted by molar-refractivity contribution is 5.67. The molecule has 1 heterocycles. The Labute approximate surface area is 90.2 Å². The van der Waals surface area contributed by atoms with Gasteiger partial charge in [-0.1, -0.05) is 6.07 Å². The summed E-state index contributed by atoms with van der Waals surface area (Å²) in [7, 11) is 0. The van der Waals surface area contributed by atoms with Gasteiger partial charge in [0.1, 0.15) is 5.75 Å². The Morgan fingerprint density at radius 1 is 1.20 bits per heavy atom. The standard InChI is InChI=1S/C13H16O2/c1-8-7-9(2)11-5-6-13(4,14)15-12(11)10(8)3/h5-7,14H,1-4H3. The van der Waals surface area contributed by atoms with Crippen LogP contribution in [0.5, 0.6) is 5.75 Å². The number of hydrogen-bond acceptors (Lipinski definition) is 2. The van der Waals surface area contributed by atoms with E-state index in [-0.39, 0.29) is 0 Å². The molecule has 2 heteroatoms. The summed E-state index contributed by atoms with van der Waals surface area (Å²) in [5.74, 6) is -0.377. The van der Waals surface area contributed by atoms with E-state index < -0.39 is 5.79 Å². The molecule has 0 spiro atoms. The Kier molecular flexibility index (Phi) is 2.12. The summed E-state index contributed by atoms with van der Waals surface area (Å²) >= 11 is 0. The summed E-state index contributed by atoms with van der Waals surface area (Å²) in [6.45, 7) is 7.77. The van der Waals surface area contributed by atoms with Crippen molar-refractivity contribution in [2.45, 2.75) is 33.5 Å². The Balaban J connectivity index is 2.66. The Hall–Kier alpha value is -1.28. The van der Waals surface area contributed by atoms with Crippen LogP contribution in [0.25, 0.3) is 6.08 Å². The van der Waals surface area contributed by atoms with Crippen molar-refractivity contribution in [2.24, 2.45) is 0 Å². The van der Waals surface area contributed by atoms with Gasteiger partial charge in [0.05, 0.1) is 0 Å². The molecular formula is C13H16O2. The molecule has 0 bridgehead atoms. The summed E-state index contributed by atoms with van der Waals surface area (Å²) < 4.78 is 5.58. The molecule has 0 aromatic heterocycles. The van der Waals surface area contributed by atoms with E-state index in [1.165, 1.54) is 11.1 Å². The van der Waals surface area contributed by atoms with Gasteiger partial charge >= 0.3 is 0 Å². The number of aliphatic hydroxyl groups is 1. The number of fused-ring (bicyclic) bond motifs is 1. The monoisotopic (exact) mass is 204 g/mol. The van der Waals surface area contributed by atoms with Crippen molar-refractivity contribution in [1.29, 1.82) is 0 Å². The lowest BCUT2D eigenvalue weighted by molar-refractivity contribution is -0.0793. The van der Waals surface area contributed by atoms with Crippen LogP contribution < -0.4 is 4.74 Å². The molecule has 1 N–H and O–H groups in total. The number of aryl methyl sites for hydroxylation is 2. The second kappa shape index (κ2) is 3.11. The highest BCUT2D eigenvalue weighted by atomic mass is 16.6. The second-order valence-corrected chi connectivity index (χ2v) is 4.37. The van der Waals surface area contributed by atoms with Gasteiger partial charge in [0.25, 0.3) is 0 Å². The molecule has 0 saturated heterocycles. The maximum atomic E-state index is 9.82. The molecule has 1 aliphatic rings. The van der Waals surface area contributed by atoms with Crippen LogP contribution in [0.3, 0.4) is 0 Å². The molecule has 1 unspecified atom stereocenters. The van der Waals surface area contributed by atoms with Gasteiger partial charge in [-0.3, -0.25) is 0 Å². The zero-order valence-corrected chi connectivity index (χ0v) is 9.59. The third kappa shape index (κ3) is 1.65. The molecule has 0 fully saturated rings. The summed E-state index contributed by atoms with van der Waals surface area (Å²) in [5, 5.41) is 9.82. The molecule has 1 aromatic carbocycles. The van der Waals surface area contributed by atoms with Crippen molar-refractivity contribution in [3.05, 3.63) is 34.4 Å². The van der Waals surface area contributed by atoms with Gasteiger partial charge in [0.15, 0.2) is 0 Å². The van der Waals surface area contributed by atoms with Gasteiger partial charge in [0, 0.05) is 12.5 Å². The highest BCUT2D eigenvalue weighted by Gasteiger charge is 2.26. The predicted molar refractivity (Wildman–Crippen MR) is 60.9 cm³/mol. The van der Waals surface area contributed by atoms with E-state index in [4.69, 9.17) is 4.74 Å². The molecule has 2 rings (SSSR count). The first-order valence-electron chi connectivity index (χ1n) is 5.12. The van der Waals surface area contributed by atoms with Gasteiger partial charge < -0.3 is 9.84 Å². The van der Waals surface area contributed by atoms with Crippen LogP contribution in [0.2, 0.25) is 0 Å². The van der Waals surface area contributed by atoms with Gasteiger partial charge in [0.2, 0.25) is 5.79 Å². The fourth-order valence-electron chi connectivity index (χ4n) is 1.89. The lowest BCUT2D eigenvalue weighted by Gasteiger charge is -2.29. The first-order valence-corrected chi connectivity index (χ1v) is 5.12. The van der Waals surface area contributed by atoms with Crippen molar-refractivity contribution in [3.63, 3.8) is 0 Å². The van der Waals surface area contributed by atoms with Crippen LogP contribution in [0.4, 0.5) is 0 Å². The maximum Gasteiger partial charge on any atom is 0.225 e. The van der Waals surface area contributed by atoms with Gasteiger partial charge in [-0.05, 0) is 49.6 Å². The van der Waals surface area contributed by atoms with Crippen LogP contribution in [0.15, 0.2) is 12.1 Å². The van der Waals surface area contributed by atoms with Crippen molar-refractivity contribution >= 4 is 6.08 Å². The fraction of sp³-hybridized carbons (Fsp3) is 0.385. The van der Waals surface area contributed by atoms with Crippen molar-refractivity contribution in [1.82, 2.24) is 0 Å². The molecule has 0 amide bonds. The summed E-state index contributed by atoms with van der Waals surface area (Å²) in [6, 6.07) is 2.14. The van der Waals surface area contributed by atoms with Crippen LogP contribution in [0, 0.1) is 20.8 Å². The van der Waals surface area contributed by atoms with Gasteiger partial charge in [-0.25, -0.2) is 0 Å². The fourth-order valence-corrected chi connectivity index (χ4v) is 1.89. The predicted octanol–water partition coefficient (Wildman–Crippen LogP) is 2.73. The highest BCUT2D eigenvalue weighted by Crippen LogP contribution is 2.36. The normalized spacial score (nSPS) is 23.5. The maximum absolute atomic E-state index is 9.82. The van der Waals surface area contributed by atoms with E-state index in [1.54, 1.807) is 13.0 Å². The van der Waals surface area contributed by atoms with Crippen LogP contribution >= 0.6 is 0 Å². The molecule has 1 aromatic rings. The molecule has 0 saturated carbocycles. The third-order valence-corrected chi connectivity index (χ3v) is 2.90. The lowest BCUT2D eigenvalue weighted by atomic mass is 9.96. The minimum absolute atomic E-state index is 0.806. The van der Waals surface area contributed by atoms with Gasteiger partial charge in [-0.2, -0.15) is 0 Å². The Morgan fingerprint density at radius 2 is 1.87 bits per heavy atom. The first-order chi connectivity index (χ1) is 6.91. The number of hydrogen-bond donors (Lipinski definition) is 1. The minimum Gasteiger partial charge on any atom is -0.458 e. The molecule has 1 aliphatic heterocycles. The van der Waals surface area contributed by atoms with Gasteiger partial charge in [-0.15, -0.1) is 0 Å². The summed E-state index contributed by atoms with van der Waals surface area (Å²) in [6.07, 6.45) is 3.61. The summed E-state index contributed by atoms with van der Waals surface area (Å²) in [4.78, 5) is 0. The second-order valence-electron chi connectivity index (χ2n) is 4.37. The smallest absolute Gasteiger partial charge is 0.225 e.